The average Bonchev–Trinajstić information content (AvgIpc) is 3.40. The fraction of sp³-hybridized carbons (Fsp3) is 0.500. The largest absolute Gasteiger partial charge is 0.508 e. The molecule has 0 unspecified atom stereocenters. The number of anilines is 1. The summed E-state index contributed by atoms with van der Waals surface area (Å²) < 4.78 is 0. The maximum Gasteiger partial charge on any atom is 0.255 e. The second-order valence-corrected chi connectivity index (χ2v) is 11.5. The number of rotatable bonds is 5. The lowest BCUT2D eigenvalue weighted by molar-refractivity contribution is -0.169. The van der Waals surface area contributed by atoms with Crippen LogP contribution >= 0.6 is 0 Å². The van der Waals surface area contributed by atoms with E-state index in [9.17, 15) is 44.7 Å². The summed E-state index contributed by atoms with van der Waals surface area (Å²) in [5.41, 5.74) is 1.04. The van der Waals surface area contributed by atoms with Crippen molar-refractivity contribution in [2.75, 3.05) is 39.0 Å². The molecule has 2 fully saturated rings. The summed E-state index contributed by atoms with van der Waals surface area (Å²) in [6, 6.07) is 1.59. The van der Waals surface area contributed by atoms with Crippen molar-refractivity contribution in [1.29, 1.82) is 0 Å². The van der Waals surface area contributed by atoms with E-state index < -0.39 is 81.4 Å². The molecule has 1 heterocycles. The number of carbonyl (C=O) groups excluding carboxylic acids is 4. The molecule has 3 aliphatic carbocycles. The van der Waals surface area contributed by atoms with Crippen LogP contribution in [-0.2, 0) is 19.2 Å². The van der Waals surface area contributed by atoms with Crippen molar-refractivity contribution in [2.24, 2.45) is 17.6 Å². The highest BCUT2D eigenvalue weighted by Gasteiger charge is 2.68. The first kappa shape index (κ1) is 28.7. The molecule has 2 amide bonds. The van der Waals surface area contributed by atoms with Gasteiger partial charge in [0, 0.05) is 11.5 Å². The Labute approximate surface area is 235 Å². The van der Waals surface area contributed by atoms with Gasteiger partial charge in [-0.05, 0) is 57.6 Å². The van der Waals surface area contributed by atoms with Crippen LogP contribution in [0, 0.1) is 11.8 Å². The molecule has 0 spiro atoms. The summed E-state index contributed by atoms with van der Waals surface area (Å²) >= 11 is 0. The normalized spacial score (nSPS) is 31.7. The van der Waals surface area contributed by atoms with E-state index in [1.54, 1.807) is 13.0 Å². The highest BCUT2D eigenvalue weighted by Crippen LogP contribution is 2.56. The summed E-state index contributed by atoms with van der Waals surface area (Å²) in [4.78, 5) is 55.3. The molecule has 1 aliphatic heterocycles. The molecule has 4 aliphatic rings. The van der Waals surface area contributed by atoms with Crippen LogP contribution in [-0.4, -0.2) is 110 Å². The van der Waals surface area contributed by atoms with Crippen LogP contribution in [0.5, 0.6) is 5.75 Å². The SMILES string of the molecule is C[C@H]1c2ccc(NC(=O)CN3CCCC3)c(O)c2C(O)=C2C(=O)[C@]3(O)C(O)=C(C(N)=O)C(=O)[C@@H](N(C)C)[C@@H]3[C@@H](O)[C@@H]21. The van der Waals surface area contributed by atoms with Crippen LogP contribution in [0.25, 0.3) is 5.76 Å². The number of phenols is 1. The van der Waals surface area contributed by atoms with Crippen molar-refractivity contribution in [1.82, 2.24) is 9.80 Å². The van der Waals surface area contributed by atoms with Crippen molar-refractivity contribution in [3.8, 4) is 5.75 Å². The third-order valence-electron chi connectivity index (χ3n) is 8.97. The number of ketones is 2. The van der Waals surface area contributed by atoms with Crippen LogP contribution in [0.2, 0.25) is 0 Å². The van der Waals surface area contributed by atoms with Crippen LogP contribution in [0.1, 0.15) is 36.8 Å². The van der Waals surface area contributed by atoms with E-state index in [4.69, 9.17) is 5.73 Å². The molecule has 0 aromatic heterocycles. The Morgan fingerprint density at radius 3 is 2.37 bits per heavy atom. The monoisotopic (exact) mass is 570 g/mol. The Morgan fingerprint density at radius 1 is 1.15 bits per heavy atom. The number of fused-ring (bicyclic) bond motifs is 3. The highest BCUT2D eigenvalue weighted by atomic mass is 16.4. The van der Waals surface area contributed by atoms with Crippen LogP contribution in [0.3, 0.4) is 0 Å². The van der Waals surface area contributed by atoms with E-state index in [1.807, 2.05) is 4.90 Å². The predicted octanol–water partition coefficient (Wildman–Crippen LogP) is -0.470. The van der Waals surface area contributed by atoms with Gasteiger partial charge in [-0.2, -0.15) is 0 Å². The Morgan fingerprint density at radius 2 is 1.78 bits per heavy atom. The molecule has 6 atom stereocenters. The molecule has 13 nitrogen and oxygen atoms in total. The first-order chi connectivity index (χ1) is 19.2. The second-order valence-electron chi connectivity index (χ2n) is 11.5. The first-order valence-electron chi connectivity index (χ1n) is 13.4. The number of nitrogens with two attached hydrogens (primary N) is 1. The highest BCUT2D eigenvalue weighted by molar-refractivity contribution is 6.24. The van der Waals surface area contributed by atoms with E-state index in [-0.39, 0.29) is 23.7 Å². The number of benzene rings is 1. The van der Waals surface area contributed by atoms with Crippen molar-refractivity contribution >= 4 is 34.8 Å². The topological polar surface area (TPSA) is 214 Å². The number of phenolic OH excluding ortho intramolecular Hbond substituents is 1. The summed E-state index contributed by atoms with van der Waals surface area (Å²) in [6.07, 6.45) is 0.299. The molecule has 8 N–H and O–H groups in total. The Hall–Kier alpha value is -3.78. The Bertz CT molecular complexity index is 1430. The third kappa shape index (κ3) is 4.06. The van der Waals surface area contributed by atoms with Gasteiger partial charge in [0.05, 0.1) is 35.9 Å². The number of Topliss-reactive ketones (excluding diaryl/α,β-unsaturated/α-hetero) is 2. The number of aliphatic hydroxyl groups excluding tert-OH is 3. The lowest BCUT2D eigenvalue weighted by Crippen LogP contribution is -2.70. The molecule has 13 heteroatoms. The summed E-state index contributed by atoms with van der Waals surface area (Å²) in [7, 11) is 2.89. The number of carbonyl (C=O) groups is 4. The standard InChI is InChI=1S/C28H34N4O9/c1-11-12-6-7-13(30-14(33)10-32-8-4-5-9-32)21(34)16(12)22(35)17-15(11)23(36)19-20(31(2)3)24(37)18(27(29)40)26(39)28(19,41)25(17)38/h6-7,11,15,19-20,23,34-36,39,41H,4-5,8-10H2,1-3H3,(H2,29,40)(H,30,33)/t11-,15+,19+,20-,23-,28-/m0/s1. The molecular weight excluding hydrogens is 536 g/mol. The average molecular weight is 571 g/mol. The number of aromatic hydroxyl groups is 1. The molecular formula is C28H34N4O9. The van der Waals surface area contributed by atoms with Gasteiger partial charge in [-0.15, -0.1) is 0 Å². The molecule has 1 saturated carbocycles. The van der Waals surface area contributed by atoms with Crippen LogP contribution in [0.15, 0.2) is 29.0 Å². The molecule has 1 saturated heterocycles. The molecule has 1 aromatic rings. The minimum Gasteiger partial charge on any atom is -0.508 e. The van der Waals surface area contributed by atoms with E-state index in [1.165, 1.54) is 25.1 Å². The zero-order valence-corrected chi connectivity index (χ0v) is 22.9. The molecule has 220 valence electrons. The fourth-order valence-corrected chi connectivity index (χ4v) is 7.05. The predicted molar refractivity (Wildman–Crippen MR) is 145 cm³/mol. The summed E-state index contributed by atoms with van der Waals surface area (Å²) in [6.45, 7) is 3.31. The van der Waals surface area contributed by atoms with Gasteiger partial charge < -0.3 is 36.6 Å². The van der Waals surface area contributed by atoms with Gasteiger partial charge in [-0.25, -0.2) is 0 Å². The van der Waals surface area contributed by atoms with Gasteiger partial charge >= 0.3 is 0 Å². The zero-order chi connectivity index (χ0) is 30.1. The van der Waals surface area contributed by atoms with Gasteiger partial charge in [0.15, 0.2) is 11.4 Å². The number of likely N-dealkylation sites (N-methyl/N-ethyl adjacent to an activating group) is 1. The lowest BCUT2D eigenvalue weighted by Gasteiger charge is -2.53. The van der Waals surface area contributed by atoms with Crippen molar-refractivity contribution in [2.45, 2.75) is 43.4 Å². The van der Waals surface area contributed by atoms with Gasteiger partial charge in [-0.1, -0.05) is 13.0 Å². The molecule has 0 radical (unpaired) electrons. The van der Waals surface area contributed by atoms with E-state index in [0.29, 0.717) is 5.56 Å². The first-order valence-corrected chi connectivity index (χ1v) is 13.4. The van der Waals surface area contributed by atoms with Crippen molar-refractivity contribution in [3.05, 3.63) is 40.2 Å². The Kier molecular flexibility index (Phi) is 6.97. The summed E-state index contributed by atoms with van der Waals surface area (Å²) in [5.74, 6) is -10.1. The van der Waals surface area contributed by atoms with E-state index >= 15 is 0 Å². The number of hydrogen-bond donors (Lipinski definition) is 7. The van der Waals surface area contributed by atoms with Crippen molar-refractivity contribution in [3.63, 3.8) is 0 Å². The zero-order valence-electron chi connectivity index (χ0n) is 22.9. The van der Waals surface area contributed by atoms with E-state index in [2.05, 4.69) is 5.32 Å². The molecule has 1 aromatic carbocycles. The quantitative estimate of drug-likeness (QED) is 0.177. The maximum absolute atomic E-state index is 14.0. The Balaban J connectivity index is 1.64. The number of hydrogen-bond acceptors (Lipinski definition) is 11. The van der Waals surface area contributed by atoms with Crippen LogP contribution in [0.4, 0.5) is 5.69 Å². The number of nitrogens with one attached hydrogen (secondary N) is 1. The fourth-order valence-electron chi connectivity index (χ4n) is 7.05. The van der Waals surface area contributed by atoms with Crippen molar-refractivity contribution < 1.29 is 44.7 Å². The number of primary amides is 1. The summed E-state index contributed by atoms with van der Waals surface area (Å²) in [5, 5.41) is 59.5. The lowest BCUT2D eigenvalue weighted by atomic mass is 9.54. The molecule has 41 heavy (non-hydrogen) atoms. The van der Waals surface area contributed by atoms with Gasteiger partial charge in [-0.3, -0.25) is 29.0 Å². The number of likely N-dealkylation sites (tertiary alicyclic amines) is 1. The number of nitrogens with zero attached hydrogens (tertiary/aromatic N) is 2. The molecule has 0 bridgehead atoms. The minimum atomic E-state index is -2.99. The number of aliphatic hydroxyl groups is 4. The third-order valence-corrected chi connectivity index (χ3v) is 8.97. The maximum atomic E-state index is 14.0. The molecule has 5 rings (SSSR count). The van der Waals surface area contributed by atoms with E-state index in [0.717, 1.165) is 25.9 Å². The van der Waals surface area contributed by atoms with Gasteiger partial charge in [0.25, 0.3) is 5.91 Å². The minimum absolute atomic E-state index is 0.0131. The second kappa shape index (κ2) is 9.94. The number of amides is 2. The van der Waals surface area contributed by atoms with Gasteiger partial charge in [0.1, 0.15) is 22.8 Å². The van der Waals surface area contributed by atoms with Crippen LogP contribution < -0.4 is 11.1 Å². The van der Waals surface area contributed by atoms with Gasteiger partial charge in [0.2, 0.25) is 11.7 Å². The smallest absolute Gasteiger partial charge is 0.255 e.